The lowest BCUT2D eigenvalue weighted by molar-refractivity contribution is 0.579. The van der Waals surface area contributed by atoms with E-state index in [4.69, 9.17) is 0 Å². The molecular formula is C12H16Cl2N2. The van der Waals surface area contributed by atoms with Gasteiger partial charge in [-0.15, -0.1) is 24.8 Å². The summed E-state index contributed by atoms with van der Waals surface area (Å²) in [5, 5.41) is 3.52. The molecule has 0 aromatic carbocycles. The monoisotopic (exact) mass is 258 g/mol. The van der Waals surface area contributed by atoms with E-state index in [0.29, 0.717) is 6.04 Å². The van der Waals surface area contributed by atoms with Gasteiger partial charge in [-0.2, -0.15) is 0 Å². The van der Waals surface area contributed by atoms with E-state index in [0.717, 1.165) is 5.92 Å². The molecule has 2 aliphatic rings. The van der Waals surface area contributed by atoms with Crippen LogP contribution in [0.4, 0.5) is 0 Å². The summed E-state index contributed by atoms with van der Waals surface area (Å²) in [6.07, 6.45) is 8.72. The van der Waals surface area contributed by atoms with Gasteiger partial charge in [-0.1, -0.05) is 12.1 Å². The van der Waals surface area contributed by atoms with Crippen LogP contribution in [0.25, 0.3) is 5.57 Å². The Kier molecular flexibility index (Phi) is 4.78. The van der Waals surface area contributed by atoms with Crippen molar-refractivity contribution < 1.29 is 0 Å². The van der Waals surface area contributed by atoms with Gasteiger partial charge in [0.1, 0.15) is 0 Å². The Morgan fingerprint density at radius 3 is 2.88 bits per heavy atom. The van der Waals surface area contributed by atoms with Crippen LogP contribution in [-0.4, -0.2) is 17.6 Å². The second-order valence-corrected chi connectivity index (χ2v) is 4.25. The van der Waals surface area contributed by atoms with Crippen LogP contribution in [0.15, 0.2) is 30.6 Å². The highest BCUT2D eigenvalue weighted by Gasteiger charge is 2.28. The van der Waals surface area contributed by atoms with Crippen molar-refractivity contribution >= 4 is 30.4 Å². The standard InChI is InChI=1S/C12H14N2.2ClH/c1-2-10(8-13-3-1)11-4-9-5-12(6-11)14-7-9;;/h1-3,6,8-9,12,14H,4-5,7H2;2*1H. The summed E-state index contributed by atoms with van der Waals surface area (Å²) in [4.78, 5) is 4.17. The molecule has 0 spiro atoms. The zero-order valence-electron chi connectivity index (χ0n) is 8.93. The number of aromatic nitrogens is 1. The molecule has 1 aromatic heterocycles. The number of hydrogen-bond acceptors (Lipinski definition) is 2. The van der Waals surface area contributed by atoms with Gasteiger partial charge in [0.05, 0.1) is 0 Å². The van der Waals surface area contributed by atoms with E-state index in [2.05, 4.69) is 22.4 Å². The third-order valence-electron chi connectivity index (χ3n) is 3.20. The van der Waals surface area contributed by atoms with Gasteiger partial charge in [-0.3, -0.25) is 4.98 Å². The maximum Gasteiger partial charge on any atom is 0.0342 e. The summed E-state index contributed by atoms with van der Waals surface area (Å²) in [5.41, 5.74) is 2.77. The molecular weight excluding hydrogens is 243 g/mol. The van der Waals surface area contributed by atoms with Crippen molar-refractivity contribution in [2.24, 2.45) is 5.92 Å². The summed E-state index contributed by atoms with van der Waals surface area (Å²) < 4.78 is 0. The molecule has 1 saturated heterocycles. The van der Waals surface area contributed by atoms with Crippen LogP contribution in [0.1, 0.15) is 18.4 Å². The summed E-state index contributed by atoms with van der Waals surface area (Å²) in [5.74, 6) is 0.847. The smallest absolute Gasteiger partial charge is 0.0342 e. The van der Waals surface area contributed by atoms with Crippen molar-refractivity contribution in [2.75, 3.05) is 6.54 Å². The van der Waals surface area contributed by atoms with Crippen LogP contribution >= 0.6 is 24.8 Å². The Morgan fingerprint density at radius 2 is 2.19 bits per heavy atom. The molecule has 0 amide bonds. The van der Waals surface area contributed by atoms with Gasteiger partial charge in [0.15, 0.2) is 0 Å². The SMILES string of the molecule is C1=C(c2cccnc2)CC2CNC1C2.Cl.Cl. The Morgan fingerprint density at radius 1 is 1.31 bits per heavy atom. The van der Waals surface area contributed by atoms with Gasteiger partial charge in [-0.25, -0.2) is 0 Å². The first kappa shape index (κ1) is 13.5. The molecule has 4 heteroatoms. The Bertz CT molecular complexity index is 365. The third-order valence-corrected chi connectivity index (χ3v) is 3.20. The fourth-order valence-corrected chi connectivity index (χ4v) is 2.51. The molecule has 1 aromatic rings. The van der Waals surface area contributed by atoms with Crippen molar-refractivity contribution in [3.63, 3.8) is 0 Å². The first-order valence-electron chi connectivity index (χ1n) is 5.26. The van der Waals surface area contributed by atoms with E-state index in [1.807, 2.05) is 18.5 Å². The van der Waals surface area contributed by atoms with Crippen LogP contribution in [0.5, 0.6) is 0 Å². The van der Waals surface area contributed by atoms with Crippen molar-refractivity contribution in [1.29, 1.82) is 0 Å². The van der Waals surface area contributed by atoms with Gasteiger partial charge < -0.3 is 5.32 Å². The molecule has 1 aliphatic heterocycles. The number of allylic oxidation sites excluding steroid dienone is 1. The number of nitrogens with zero attached hydrogens (tertiary/aromatic N) is 1. The average Bonchev–Trinajstić information content (AvgIpc) is 2.59. The lowest BCUT2D eigenvalue weighted by Gasteiger charge is -2.18. The molecule has 2 atom stereocenters. The third kappa shape index (κ3) is 2.57. The van der Waals surface area contributed by atoms with Gasteiger partial charge in [-0.05, 0) is 42.5 Å². The van der Waals surface area contributed by atoms with Crippen molar-refractivity contribution in [3.8, 4) is 0 Å². The second-order valence-electron chi connectivity index (χ2n) is 4.25. The highest BCUT2D eigenvalue weighted by atomic mass is 35.5. The molecule has 2 unspecified atom stereocenters. The number of halogens is 2. The van der Waals surface area contributed by atoms with Crippen LogP contribution in [0, 0.1) is 5.92 Å². The van der Waals surface area contributed by atoms with Crippen LogP contribution < -0.4 is 5.32 Å². The zero-order valence-corrected chi connectivity index (χ0v) is 10.6. The molecule has 2 bridgehead atoms. The zero-order chi connectivity index (χ0) is 9.38. The minimum absolute atomic E-state index is 0. The summed E-state index contributed by atoms with van der Waals surface area (Å²) in [6, 6.07) is 4.79. The molecule has 1 N–H and O–H groups in total. The van der Waals surface area contributed by atoms with Crippen LogP contribution in [-0.2, 0) is 0 Å². The van der Waals surface area contributed by atoms with Crippen molar-refractivity contribution in [1.82, 2.24) is 10.3 Å². The topological polar surface area (TPSA) is 24.9 Å². The lowest BCUT2D eigenvalue weighted by atomic mass is 9.87. The van der Waals surface area contributed by atoms with Gasteiger partial charge >= 0.3 is 0 Å². The van der Waals surface area contributed by atoms with E-state index in [1.54, 1.807) is 0 Å². The van der Waals surface area contributed by atoms with Crippen LogP contribution in [0.2, 0.25) is 0 Å². The molecule has 1 fully saturated rings. The predicted octanol–water partition coefficient (Wildman–Crippen LogP) is 2.69. The number of pyridine rings is 1. The maximum atomic E-state index is 4.17. The summed E-state index contributed by atoms with van der Waals surface area (Å²) in [7, 11) is 0. The Hall–Kier alpha value is -0.570. The van der Waals surface area contributed by atoms with Crippen LogP contribution in [0.3, 0.4) is 0 Å². The quantitative estimate of drug-likeness (QED) is 0.838. The van der Waals surface area contributed by atoms with E-state index in [-0.39, 0.29) is 24.8 Å². The molecule has 1 aliphatic carbocycles. The first-order valence-corrected chi connectivity index (χ1v) is 5.26. The van der Waals surface area contributed by atoms with Gasteiger partial charge in [0.25, 0.3) is 0 Å². The highest BCUT2D eigenvalue weighted by Crippen LogP contribution is 2.33. The Balaban J connectivity index is 0.000000640. The molecule has 88 valence electrons. The number of hydrogen-bond donors (Lipinski definition) is 1. The first-order chi connectivity index (χ1) is 6.92. The van der Waals surface area contributed by atoms with Crippen molar-refractivity contribution in [2.45, 2.75) is 18.9 Å². The molecule has 3 rings (SSSR count). The molecule has 16 heavy (non-hydrogen) atoms. The largest absolute Gasteiger partial charge is 0.310 e. The summed E-state index contributed by atoms with van der Waals surface area (Å²) >= 11 is 0. The van der Waals surface area contributed by atoms with Gasteiger partial charge in [0.2, 0.25) is 0 Å². The number of rotatable bonds is 1. The fourth-order valence-electron chi connectivity index (χ4n) is 2.51. The lowest BCUT2D eigenvalue weighted by Crippen LogP contribution is -2.18. The molecule has 2 nitrogen and oxygen atoms in total. The maximum absolute atomic E-state index is 4.17. The number of fused-ring (bicyclic) bond motifs is 2. The second kappa shape index (κ2) is 5.67. The van der Waals surface area contributed by atoms with E-state index in [1.165, 1.54) is 30.5 Å². The molecule has 0 radical (unpaired) electrons. The Labute approximate surface area is 108 Å². The van der Waals surface area contributed by atoms with Gasteiger partial charge in [0, 0.05) is 18.4 Å². The fraction of sp³-hybridized carbons (Fsp3) is 0.417. The summed E-state index contributed by atoms with van der Waals surface area (Å²) in [6.45, 7) is 1.19. The predicted molar refractivity (Wildman–Crippen MR) is 71.2 cm³/mol. The van der Waals surface area contributed by atoms with Crippen molar-refractivity contribution in [3.05, 3.63) is 36.2 Å². The minimum Gasteiger partial charge on any atom is -0.310 e. The van der Waals surface area contributed by atoms with E-state index in [9.17, 15) is 0 Å². The highest BCUT2D eigenvalue weighted by molar-refractivity contribution is 5.85. The number of nitrogens with one attached hydrogen (secondary N) is 1. The average molecular weight is 259 g/mol. The van der Waals surface area contributed by atoms with E-state index >= 15 is 0 Å². The molecule has 2 heterocycles. The van der Waals surface area contributed by atoms with E-state index < -0.39 is 0 Å². The minimum atomic E-state index is 0. The molecule has 0 saturated carbocycles. The normalized spacial score (nSPS) is 26.4.